The summed E-state index contributed by atoms with van der Waals surface area (Å²) in [6.45, 7) is 2.84. The maximum absolute atomic E-state index is 13.9. The van der Waals surface area contributed by atoms with Crippen LogP contribution in [0.3, 0.4) is 0 Å². The highest BCUT2D eigenvalue weighted by atomic mass is 16.6. The van der Waals surface area contributed by atoms with E-state index in [1.165, 1.54) is 31.4 Å². The number of nitrogens with zero attached hydrogens (tertiary/aromatic N) is 3. The van der Waals surface area contributed by atoms with Crippen LogP contribution in [0.25, 0.3) is 0 Å². The zero-order chi connectivity index (χ0) is 33.3. The predicted molar refractivity (Wildman–Crippen MR) is 177 cm³/mol. The molecule has 11 nitrogen and oxygen atoms in total. The fourth-order valence-electron chi connectivity index (χ4n) is 5.73. The third kappa shape index (κ3) is 8.44. The maximum atomic E-state index is 13.9. The van der Waals surface area contributed by atoms with Gasteiger partial charge in [0.05, 0.1) is 19.1 Å². The molecule has 0 aromatic heterocycles. The summed E-state index contributed by atoms with van der Waals surface area (Å²) in [5.41, 5.74) is 3.59. The Morgan fingerprint density at radius 1 is 0.872 bits per heavy atom. The van der Waals surface area contributed by atoms with Gasteiger partial charge in [-0.2, -0.15) is 0 Å². The minimum Gasteiger partial charge on any atom is -0.504 e. The van der Waals surface area contributed by atoms with Crippen LogP contribution in [0.15, 0.2) is 91.0 Å². The van der Waals surface area contributed by atoms with Crippen LogP contribution in [0.2, 0.25) is 0 Å². The van der Waals surface area contributed by atoms with Gasteiger partial charge < -0.3 is 24.8 Å². The van der Waals surface area contributed by atoms with Crippen molar-refractivity contribution in [2.75, 3.05) is 27.3 Å². The molecule has 5 rings (SSSR count). The number of phenolic OH excluding ortho intramolecular Hbond substituents is 1. The van der Waals surface area contributed by atoms with Crippen molar-refractivity contribution in [3.63, 3.8) is 0 Å². The molecule has 1 heterocycles. The zero-order valence-electron chi connectivity index (χ0n) is 26.4. The summed E-state index contributed by atoms with van der Waals surface area (Å²) in [6.07, 6.45) is 1.46. The molecule has 0 saturated carbocycles. The normalized spacial score (nSPS) is 13.5. The van der Waals surface area contributed by atoms with Crippen LogP contribution < -0.4 is 14.8 Å². The molecule has 244 valence electrons. The SMILES string of the molecule is COc1ccc(CNC(=O)c2ccc(CN(C(=O)c3ccc([N+](=O)[O-])cc3)C3CCN(Cc4ccc(OC)c(O)c4)CC3)cc2)cc1. The molecule has 2 amide bonds. The van der Waals surface area contributed by atoms with Gasteiger partial charge in [0.25, 0.3) is 17.5 Å². The molecule has 11 heteroatoms. The Bertz CT molecular complexity index is 1680. The Kier molecular flexibility index (Phi) is 10.7. The molecular formula is C36H38N4O7. The van der Waals surface area contributed by atoms with Crippen molar-refractivity contribution >= 4 is 17.5 Å². The summed E-state index contributed by atoms with van der Waals surface area (Å²) in [5, 5.41) is 24.3. The number of benzene rings is 4. The first-order valence-electron chi connectivity index (χ1n) is 15.4. The van der Waals surface area contributed by atoms with Crippen molar-refractivity contribution in [3.8, 4) is 17.2 Å². The van der Waals surface area contributed by atoms with Crippen LogP contribution in [0, 0.1) is 10.1 Å². The predicted octanol–water partition coefficient (Wildman–Crippen LogP) is 5.55. The van der Waals surface area contributed by atoms with E-state index in [0.29, 0.717) is 36.5 Å². The van der Waals surface area contributed by atoms with E-state index >= 15 is 0 Å². The molecule has 0 unspecified atom stereocenters. The van der Waals surface area contributed by atoms with Gasteiger partial charge >= 0.3 is 0 Å². The van der Waals surface area contributed by atoms with Gasteiger partial charge in [0, 0.05) is 62.0 Å². The molecule has 4 aromatic rings. The van der Waals surface area contributed by atoms with Gasteiger partial charge in [0.1, 0.15) is 5.75 Å². The molecule has 0 atom stereocenters. The first-order chi connectivity index (χ1) is 22.7. The Balaban J connectivity index is 1.26. The van der Waals surface area contributed by atoms with Gasteiger partial charge in [-0.05, 0) is 78.1 Å². The minimum atomic E-state index is -0.487. The van der Waals surface area contributed by atoms with Gasteiger partial charge in [-0.1, -0.05) is 30.3 Å². The van der Waals surface area contributed by atoms with Crippen molar-refractivity contribution < 1.29 is 29.1 Å². The van der Waals surface area contributed by atoms with E-state index in [2.05, 4.69) is 10.2 Å². The van der Waals surface area contributed by atoms with Gasteiger partial charge in [0.15, 0.2) is 11.5 Å². The highest BCUT2D eigenvalue weighted by molar-refractivity contribution is 5.95. The van der Waals surface area contributed by atoms with Crippen molar-refractivity contribution in [3.05, 3.63) is 129 Å². The molecule has 0 radical (unpaired) electrons. The van der Waals surface area contributed by atoms with E-state index in [-0.39, 0.29) is 29.3 Å². The number of carbonyl (C=O) groups is 2. The number of phenols is 1. The highest BCUT2D eigenvalue weighted by Gasteiger charge is 2.29. The van der Waals surface area contributed by atoms with E-state index in [9.17, 15) is 24.8 Å². The molecule has 0 spiro atoms. The summed E-state index contributed by atoms with van der Waals surface area (Å²) < 4.78 is 10.3. The first kappa shape index (κ1) is 33.0. The number of amides is 2. The summed E-state index contributed by atoms with van der Waals surface area (Å²) in [7, 11) is 3.12. The number of hydrogen-bond acceptors (Lipinski definition) is 8. The number of hydrogen-bond donors (Lipinski definition) is 2. The second-order valence-electron chi connectivity index (χ2n) is 11.5. The van der Waals surface area contributed by atoms with Crippen LogP contribution in [0.4, 0.5) is 5.69 Å². The Morgan fingerprint density at radius 2 is 1.49 bits per heavy atom. The number of carbonyl (C=O) groups excluding carboxylic acids is 2. The van der Waals surface area contributed by atoms with E-state index in [0.717, 1.165) is 48.4 Å². The molecule has 4 aromatic carbocycles. The quantitative estimate of drug-likeness (QED) is 0.152. The van der Waals surface area contributed by atoms with Gasteiger partial charge in [-0.3, -0.25) is 24.6 Å². The molecular weight excluding hydrogens is 600 g/mol. The smallest absolute Gasteiger partial charge is 0.269 e. The van der Waals surface area contributed by atoms with E-state index < -0.39 is 4.92 Å². The molecule has 1 saturated heterocycles. The lowest BCUT2D eigenvalue weighted by Gasteiger charge is -2.39. The molecule has 1 aliphatic rings. The molecule has 0 bridgehead atoms. The van der Waals surface area contributed by atoms with Gasteiger partial charge in [-0.15, -0.1) is 0 Å². The fraction of sp³-hybridized carbons (Fsp3) is 0.278. The number of likely N-dealkylation sites (tertiary alicyclic amines) is 1. The Hall–Kier alpha value is -5.42. The van der Waals surface area contributed by atoms with Crippen molar-refractivity contribution in [2.45, 2.75) is 38.5 Å². The van der Waals surface area contributed by atoms with Crippen LogP contribution in [0.5, 0.6) is 17.2 Å². The van der Waals surface area contributed by atoms with Gasteiger partial charge in [0.2, 0.25) is 0 Å². The lowest BCUT2D eigenvalue weighted by molar-refractivity contribution is -0.384. The van der Waals surface area contributed by atoms with Crippen LogP contribution >= 0.6 is 0 Å². The summed E-state index contributed by atoms with van der Waals surface area (Å²) in [5.74, 6) is 0.857. The first-order valence-corrected chi connectivity index (χ1v) is 15.4. The number of aromatic hydroxyl groups is 1. The summed E-state index contributed by atoms with van der Waals surface area (Å²) in [6, 6.07) is 25.7. The molecule has 1 fully saturated rings. The van der Waals surface area contributed by atoms with Crippen LogP contribution in [-0.4, -0.2) is 65.0 Å². The number of rotatable bonds is 12. The fourth-order valence-corrected chi connectivity index (χ4v) is 5.73. The van der Waals surface area contributed by atoms with Gasteiger partial charge in [-0.25, -0.2) is 0 Å². The molecule has 47 heavy (non-hydrogen) atoms. The number of ether oxygens (including phenoxy) is 2. The maximum Gasteiger partial charge on any atom is 0.269 e. The standard InChI is InChI=1S/C36H38N4O7/c1-46-32-14-5-25(6-15-32)22-37-35(42)28-8-3-26(4-9-28)24-39(36(43)29-10-12-31(13-11-29)40(44)45)30-17-19-38(20-18-30)23-27-7-16-34(47-2)33(41)21-27/h3-16,21,30,41H,17-20,22-24H2,1-2H3,(H,37,42). The summed E-state index contributed by atoms with van der Waals surface area (Å²) in [4.78, 5) is 41.5. The number of piperidine rings is 1. The lowest BCUT2D eigenvalue weighted by atomic mass is 9.99. The number of nitrogens with one attached hydrogen (secondary N) is 1. The second kappa shape index (κ2) is 15.2. The largest absolute Gasteiger partial charge is 0.504 e. The third-order valence-electron chi connectivity index (χ3n) is 8.41. The molecule has 0 aliphatic carbocycles. The average Bonchev–Trinajstić information content (AvgIpc) is 3.10. The lowest BCUT2D eigenvalue weighted by Crippen LogP contribution is -2.46. The van der Waals surface area contributed by atoms with Crippen LogP contribution in [0.1, 0.15) is 50.2 Å². The minimum absolute atomic E-state index is 0.0642. The third-order valence-corrected chi connectivity index (χ3v) is 8.41. The Morgan fingerprint density at radius 3 is 2.09 bits per heavy atom. The number of non-ortho nitro benzene ring substituents is 1. The number of nitro benzene ring substituents is 1. The second-order valence-corrected chi connectivity index (χ2v) is 11.5. The molecule has 2 N–H and O–H groups in total. The van der Waals surface area contributed by atoms with Crippen molar-refractivity contribution in [2.24, 2.45) is 0 Å². The van der Waals surface area contributed by atoms with Crippen molar-refractivity contribution in [1.29, 1.82) is 0 Å². The van der Waals surface area contributed by atoms with E-state index in [1.54, 1.807) is 31.4 Å². The number of nitro groups is 1. The van der Waals surface area contributed by atoms with E-state index in [1.807, 2.05) is 47.4 Å². The Labute approximate surface area is 273 Å². The molecule has 1 aliphatic heterocycles. The highest BCUT2D eigenvalue weighted by Crippen LogP contribution is 2.28. The summed E-state index contributed by atoms with van der Waals surface area (Å²) >= 11 is 0. The van der Waals surface area contributed by atoms with Crippen molar-refractivity contribution in [1.82, 2.24) is 15.1 Å². The zero-order valence-corrected chi connectivity index (χ0v) is 26.4. The monoisotopic (exact) mass is 638 g/mol. The topological polar surface area (TPSA) is 134 Å². The average molecular weight is 639 g/mol. The van der Waals surface area contributed by atoms with E-state index in [4.69, 9.17) is 9.47 Å². The van der Waals surface area contributed by atoms with Crippen LogP contribution in [-0.2, 0) is 19.6 Å². The number of methoxy groups -OCH3 is 2.